The highest BCUT2D eigenvalue weighted by Gasteiger charge is 2.30. The maximum Gasteiger partial charge on any atom is 0.416 e. The molecule has 0 aliphatic rings. The molecule has 2 aromatic rings. The Morgan fingerprint density at radius 3 is 2.10 bits per heavy atom. The van der Waals surface area contributed by atoms with Crippen molar-refractivity contribution in [2.75, 3.05) is 11.1 Å². The molecule has 0 atom stereocenters. The number of nitrogen functional groups attached to an aromatic ring is 1. The Bertz CT molecular complexity index is 616. The summed E-state index contributed by atoms with van der Waals surface area (Å²) in [6, 6.07) is 11.0. The first kappa shape index (κ1) is 15.2. The fraction of sp³-hybridized carbons (Fsp3) is 0.250. The van der Waals surface area contributed by atoms with Crippen LogP contribution in [0.15, 0.2) is 42.5 Å². The van der Waals surface area contributed by atoms with Crippen LogP contribution in [0.3, 0.4) is 0 Å². The standard InChI is InChI=1S/C16H17F3N2/c1-10(2)11-3-6-13(7-4-11)21-15-8-5-12(9-14(15)20)16(17,18)19/h3-10,21H,20H2,1-2H3. The summed E-state index contributed by atoms with van der Waals surface area (Å²) in [5.74, 6) is 0.426. The second-order valence-corrected chi connectivity index (χ2v) is 5.20. The second-order valence-electron chi connectivity index (χ2n) is 5.20. The van der Waals surface area contributed by atoms with Crippen LogP contribution in [0.5, 0.6) is 0 Å². The highest BCUT2D eigenvalue weighted by Crippen LogP contribution is 2.33. The number of hydrogen-bond acceptors (Lipinski definition) is 2. The summed E-state index contributed by atoms with van der Waals surface area (Å²) in [5, 5.41) is 3.02. The van der Waals surface area contributed by atoms with Crippen LogP contribution in [0.4, 0.5) is 30.2 Å². The minimum Gasteiger partial charge on any atom is -0.397 e. The molecule has 112 valence electrons. The molecule has 0 amide bonds. The maximum atomic E-state index is 12.6. The molecule has 0 aromatic heterocycles. The molecule has 0 saturated heterocycles. The van der Waals surface area contributed by atoms with Crippen molar-refractivity contribution in [2.45, 2.75) is 25.9 Å². The molecule has 5 heteroatoms. The fourth-order valence-corrected chi connectivity index (χ4v) is 1.96. The SMILES string of the molecule is CC(C)c1ccc(Nc2ccc(C(F)(F)F)cc2N)cc1. The number of rotatable bonds is 3. The third-order valence-corrected chi connectivity index (χ3v) is 3.24. The van der Waals surface area contributed by atoms with E-state index in [0.717, 1.165) is 17.8 Å². The third-order valence-electron chi connectivity index (χ3n) is 3.24. The number of halogens is 3. The number of anilines is 3. The van der Waals surface area contributed by atoms with Crippen LogP contribution >= 0.6 is 0 Å². The lowest BCUT2D eigenvalue weighted by Crippen LogP contribution is -2.06. The average molecular weight is 294 g/mol. The Hall–Kier alpha value is -2.17. The number of hydrogen-bond donors (Lipinski definition) is 2. The van der Waals surface area contributed by atoms with E-state index >= 15 is 0 Å². The molecule has 3 N–H and O–H groups in total. The number of alkyl halides is 3. The summed E-state index contributed by atoms with van der Waals surface area (Å²) in [6.45, 7) is 4.19. The molecule has 0 aliphatic heterocycles. The highest BCUT2D eigenvalue weighted by atomic mass is 19.4. The summed E-state index contributed by atoms with van der Waals surface area (Å²) in [7, 11) is 0. The quantitative estimate of drug-likeness (QED) is 0.768. The average Bonchev–Trinajstić information content (AvgIpc) is 2.40. The first-order valence-corrected chi connectivity index (χ1v) is 6.61. The Kier molecular flexibility index (Phi) is 4.11. The normalized spacial score (nSPS) is 11.7. The van der Waals surface area contributed by atoms with Gasteiger partial charge in [-0.05, 0) is 41.8 Å². The minimum absolute atomic E-state index is 0.0674. The van der Waals surface area contributed by atoms with Crippen LogP contribution in [0.25, 0.3) is 0 Å². The van der Waals surface area contributed by atoms with Gasteiger partial charge in [-0.1, -0.05) is 26.0 Å². The van der Waals surface area contributed by atoms with Crippen LogP contribution in [0.1, 0.15) is 30.9 Å². The van der Waals surface area contributed by atoms with E-state index in [1.54, 1.807) is 0 Å². The second kappa shape index (κ2) is 5.68. The number of nitrogens with two attached hydrogens (primary N) is 1. The van der Waals surface area contributed by atoms with E-state index in [1.165, 1.54) is 11.6 Å². The van der Waals surface area contributed by atoms with Crippen LogP contribution in [0.2, 0.25) is 0 Å². The van der Waals surface area contributed by atoms with E-state index in [0.29, 0.717) is 11.6 Å². The first-order chi connectivity index (χ1) is 9.77. The van der Waals surface area contributed by atoms with Crippen molar-refractivity contribution in [1.29, 1.82) is 0 Å². The van der Waals surface area contributed by atoms with E-state index in [1.807, 2.05) is 24.3 Å². The summed E-state index contributed by atoms with van der Waals surface area (Å²) >= 11 is 0. The summed E-state index contributed by atoms with van der Waals surface area (Å²) in [5.41, 5.74) is 7.44. The molecular formula is C16H17F3N2. The lowest BCUT2D eigenvalue weighted by atomic mass is 10.0. The molecule has 0 saturated carbocycles. The van der Waals surface area contributed by atoms with E-state index in [4.69, 9.17) is 5.73 Å². The summed E-state index contributed by atoms with van der Waals surface area (Å²) < 4.78 is 37.7. The van der Waals surface area contributed by atoms with Gasteiger partial charge in [-0.2, -0.15) is 13.2 Å². The van der Waals surface area contributed by atoms with Crippen molar-refractivity contribution < 1.29 is 13.2 Å². The van der Waals surface area contributed by atoms with Gasteiger partial charge < -0.3 is 11.1 Å². The van der Waals surface area contributed by atoms with Crippen molar-refractivity contribution >= 4 is 17.1 Å². The number of nitrogens with one attached hydrogen (secondary N) is 1. The zero-order valence-electron chi connectivity index (χ0n) is 11.8. The molecule has 21 heavy (non-hydrogen) atoms. The van der Waals surface area contributed by atoms with Gasteiger partial charge in [0.15, 0.2) is 0 Å². The lowest BCUT2D eigenvalue weighted by molar-refractivity contribution is -0.137. The topological polar surface area (TPSA) is 38.0 Å². The largest absolute Gasteiger partial charge is 0.416 e. The van der Waals surface area contributed by atoms with Crippen molar-refractivity contribution in [2.24, 2.45) is 0 Å². The first-order valence-electron chi connectivity index (χ1n) is 6.61. The van der Waals surface area contributed by atoms with Crippen LogP contribution < -0.4 is 11.1 Å². The van der Waals surface area contributed by atoms with Gasteiger partial charge in [-0.15, -0.1) is 0 Å². The maximum absolute atomic E-state index is 12.6. The Morgan fingerprint density at radius 1 is 1.00 bits per heavy atom. The molecule has 0 fully saturated rings. The molecule has 0 spiro atoms. The van der Waals surface area contributed by atoms with Gasteiger partial charge in [-0.25, -0.2) is 0 Å². The van der Waals surface area contributed by atoms with Gasteiger partial charge in [0.2, 0.25) is 0 Å². The molecule has 0 bridgehead atoms. The molecule has 2 rings (SSSR count). The smallest absolute Gasteiger partial charge is 0.397 e. The summed E-state index contributed by atoms with van der Waals surface area (Å²) in [6.07, 6.45) is -4.38. The van der Waals surface area contributed by atoms with Crippen LogP contribution in [-0.4, -0.2) is 0 Å². The summed E-state index contributed by atoms with van der Waals surface area (Å²) in [4.78, 5) is 0. The zero-order chi connectivity index (χ0) is 15.6. The monoisotopic (exact) mass is 294 g/mol. The molecule has 0 heterocycles. The predicted octanol–water partition coefficient (Wildman–Crippen LogP) is 5.15. The van der Waals surface area contributed by atoms with Crippen molar-refractivity contribution in [1.82, 2.24) is 0 Å². The van der Waals surface area contributed by atoms with Crippen LogP contribution in [-0.2, 0) is 6.18 Å². The zero-order valence-corrected chi connectivity index (χ0v) is 11.8. The van der Waals surface area contributed by atoms with E-state index in [-0.39, 0.29) is 5.69 Å². The van der Waals surface area contributed by atoms with Crippen LogP contribution in [0, 0.1) is 0 Å². The van der Waals surface area contributed by atoms with Gasteiger partial charge in [0.05, 0.1) is 16.9 Å². The minimum atomic E-state index is -4.38. The van der Waals surface area contributed by atoms with E-state index < -0.39 is 11.7 Å². The number of benzene rings is 2. The molecule has 0 unspecified atom stereocenters. The van der Waals surface area contributed by atoms with Gasteiger partial charge in [0, 0.05) is 5.69 Å². The third kappa shape index (κ3) is 3.68. The van der Waals surface area contributed by atoms with E-state index in [9.17, 15) is 13.2 Å². The molecular weight excluding hydrogens is 277 g/mol. The van der Waals surface area contributed by atoms with Gasteiger partial charge in [0.1, 0.15) is 0 Å². The van der Waals surface area contributed by atoms with E-state index in [2.05, 4.69) is 19.2 Å². The van der Waals surface area contributed by atoms with Crippen molar-refractivity contribution in [3.05, 3.63) is 53.6 Å². The molecule has 0 radical (unpaired) electrons. The lowest BCUT2D eigenvalue weighted by Gasteiger charge is -2.13. The van der Waals surface area contributed by atoms with Crippen molar-refractivity contribution in [3.8, 4) is 0 Å². The van der Waals surface area contributed by atoms with Gasteiger partial charge >= 0.3 is 6.18 Å². The molecule has 0 aliphatic carbocycles. The predicted molar refractivity (Wildman–Crippen MR) is 79.7 cm³/mol. The Balaban J connectivity index is 2.20. The fourth-order valence-electron chi connectivity index (χ4n) is 1.96. The highest BCUT2D eigenvalue weighted by molar-refractivity contribution is 5.73. The molecule has 2 nitrogen and oxygen atoms in total. The Labute approximate surface area is 121 Å². The Morgan fingerprint density at radius 2 is 1.62 bits per heavy atom. The van der Waals surface area contributed by atoms with Crippen molar-refractivity contribution in [3.63, 3.8) is 0 Å². The van der Waals surface area contributed by atoms with Gasteiger partial charge in [-0.3, -0.25) is 0 Å². The molecule has 2 aromatic carbocycles. The van der Waals surface area contributed by atoms with Gasteiger partial charge in [0.25, 0.3) is 0 Å².